The summed E-state index contributed by atoms with van der Waals surface area (Å²) in [6.45, 7) is 0. The van der Waals surface area contributed by atoms with E-state index in [0.29, 0.717) is 0 Å². The maximum Gasteiger partial charge on any atom is 0.0894 e. The summed E-state index contributed by atoms with van der Waals surface area (Å²) in [6, 6.07) is 35.4. The Balaban J connectivity index is 0.00000252. The number of rotatable bonds is 0. The van der Waals surface area contributed by atoms with Crippen LogP contribution in [0.5, 0.6) is 0 Å². The SMILES string of the molecule is [Ru].c1cc2nc(c1)c1cccc(n1)c1cccc(n1)c1cccc(n1)c1cccc(n1)c1cccc2n1. The third-order valence-electron chi connectivity index (χ3n) is 6.07. The molecule has 7 rings (SSSR count). The van der Waals surface area contributed by atoms with E-state index in [1.54, 1.807) is 0 Å². The van der Waals surface area contributed by atoms with E-state index in [-0.39, 0.29) is 19.5 Å². The van der Waals surface area contributed by atoms with Gasteiger partial charge in [-0.25, -0.2) is 29.9 Å². The Kier molecular flexibility index (Phi) is 5.91. The Bertz CT molecular complexity index is 1560. The molecule has 12 bridgehead atoms. The first-order valence-electron chi connectivity index (χ1n) is 11.6. The van der Waals surface area contributed by atoms with Crippen LogP contribution in [0, 0.1) is 0 Å². The largest absolute Gasteiger partial charge is 0.245 e. The van der Waals surface area contributed by atoms with Crippen molar-refractivity contribution in [1.29, 1.82) is 0 Å². The molecule has 0 aliphatic rings. The van der Waals surface area contributed by atoms with Gasteiger partial charge in [-0.1, -0.05) is 36.4 Å². The van der Waals surface area contributed by atoms with Crippen molar-refractivity contribution >= 4 is 66.2 Å². The molecule has 0 amide bonds. The molecule has 0 aliphatic heterocycles. The molecule has 7 heteroatoms. The zero-order valence-corrected chi connectivity index (χ0v) is 21.2. The average Bonchev–Trinajstić information content (AvgIpc) is 2.97. The first kappa shape index (κ1) is 23.0. The first-order chi connectivity index (χ1) is 17.8. The number of hydrogen-bond acceptors (Lipinski definition) is 6. The van der Waals surface area contributed by atoms with E-state index in [2.05, 4.69) is 0 Å². The van der Waals surface area contributed by atoms with Crippen LogP contribution >= 0.6 is 0 Å². The fourth-order valence-corrected chi connectivity index (χ4v) is 4.32. The Labute approximate surface area is 224 Å². The van der Waals surface area contributed by atoms with Crippen molar-refractivity contribution in [3.05, 3.63) is 109 Å². The third kappa shape index (κ3) is 4.34. The van der Waals surface area contributed by atoms with Crippen LogP contribution in [-0.4, -0.2) is 29.9 Å². The monoisotopic (exact) mass is 564 g/mol. The standard InChI is InChI=1S/C30H18N6.Ru/c1-7-19-21-9-2-11-23(32-21)25-13-4-15-27(34-25)29-17-6-18-30(36-29)28-16-5-14-26(35-28)24-12-3-10-22(33-24)20(8-1)31-19;/h1-18H;. The molecule has 0 atom stereocenters. The molecule has 0 unspecified atom stereocenters. The van der Waals surface area contributed by atoms with E-state index in [1.165, 1.54) is 0 Å². The van der Waals surface area contributed by atoms with Gasteiger partial charge >= 0.3 is 0 Å². The summed E-state index contributed by atoms with van der Waals surface area (Å²) in [5.41, 5.74) is 9.26. The van der Waals surface area contributed by atoms with Gasteiger partial charge in [-0.15, -0.1) is 0 Å². The molecule has 7 aromatic heterocycles. The van der Waals surface area contributed by atoms with Crippen LogP contribution in [0.2, 0.25) is 0 Å². The van der Waals surface area contributed by atoms with Crippen LogP contribution in [0.4, 0.5) is 0 Å². The van der Waals surface area contributed by atoms with Crippen molar-refractivity contribution in [2.24, 2.45) is 0 Å². The Morgan fingerprint density at radius 1 is 0.216 bits per heavy atom. The van der Waals surface area contributed by atoms with Gasteiger partial charge in [0, 0.05) is 19.5 Å². The fourth-order valence-electron chi connectivity index (χ4n) is 4.32. The van der Waals surface area contributed by atoms with Gasteiger partial charge in [-0.2, -0.15) is 0 Å². The maximum atomic E-state index is 4.89. The summed E-state index contributed by atoms with van der Waals surface area (Å²) in [5, 5.41) is 0. The molecule has 0 aromatic carbocycles. The van der Waals surface area contributed by atoms with E-state index >= 15 is 0 Å². The van der Waals surface area contributed by atoms with Crippen LogP contribution in [0.25, 0.3) is 66.2 Å². The van der Waals surface area contributed by atoms with Crippen LogP contribution in [0.15, 0.2) is 109 Å². The predicted octanol–water partition coefficient (Wildman–Crippen LogP) is 6.66. The van der Waals surface area contributed by atoms with Gasteiger partial charge in [0.05, 0.1) is 66.2 Å². The van der Waals surface area contributed by atoms with Crippen LogP contribution in [0.1, 0.15) is 0 Å². The number of nitrogens with zero attached hydrogens (tertiary/aromatic N) is 6. The van der Waals surface area contributed by atoms with Crippen molar-refractivity contribution in [2.75, 3.05) is 0 Å². The topological polar surface area (TPSA) is 77.3 Å². The number of aromatic nitrogens is 6. The van der Waals surface area contributed by atoms with Crippen molar-refractivity contribution < 1.29 is 19.5 Å². The molecule has 6 nitrogen and oxygen atoms in total. The third-order valence-corrected chi connectivity index (χ3v) is 6.07. The predicted molar refractivity (Wildman–Crippen MR) is 145 cm³/mol. The van der Waals surface area contributed by atoms with Crippen LogP contribution < -0.4 is 0 Å². The Morgan fingerprint density at radius 2 is 0.324 bits per heavy atom. The minimum Gasteiger partial charge on any atom is -0.245 e. The van der Waals surface area contributed by atoms with E-state index < -0.39 is 0 Å². The van der Waals surface area contributed by atoms with Crippen molar-refractivity contribution in [1.82, 2.24) is 29.9 Å². The molecular weight excluding hydrogens is 545 g/mol. The van der Waals surface area contributed by atoms with Crippen LogP contribution in [0.3, 0.4) is 0 Å². The average molecular weight is 564 g/mol. The van der Waals surface area contributed by atoms with E-state index in [0.717, 1.165) is 66.2 Å². The summed E-state index contributed by atoms with van der Waals surface area (Å²) >= 11 is 0. The molecule has 0 spiro atoms. The van der Waals surface area contributed by atoms with Gasteiger partial charge in [-0.05, 0) is 72.8 Å². The van der Waals surface area contributed by atoms with Gasteiger partial charge in [0.15, 0.2) is 0 Å². The van der Waals surface area contributed by atoms with E-state index in [9.17, 15) is 0 Å². The second-order valence-electron chi connectivity index (χ2n) is 8.45. The van der Waals surface area contributed by atoms with Gasteiger partial charge in [0.25, 0.3) is 0 Å². The molecule has 0 saturated heterocycles. The molecule has 7 aromatic rings. The molecule has 0 N–H and O–H groups in total. The molecule has 0 aliphatic carbocycles. The van der Waals surface area contributed by atoms with Crippen molar-refractivity contribution in [2.45, 2.75) is 0 Å². The number of hydrogen-bond donors (Lipinski definition) is 0. The summed E-state index contributed by atoms with van der Waals surface area (Å²) in [4.78, 5) is 29.3. The molecule has 176 valence electrons. The van der Waals surface area contributed by atoms with E-state index in [1.807, 2.05) is 109 Å². The molecular formula is C30H18N6Ru. The Hall–Kier alpha value is -4.48. The minimum atomic E-state index is 0. The number of pyridine rings is 6. The minimum absolute atomic E-state index is 0. The zero-order chi connectivity index (χ0) is 23.9. The Morgan fingerprint density at radius 3 is 0.432 bits per heavy atom. The van der Waals surface area contributed by atoms with Crippen molar-refractivity contribution in [3.8, 4) is 0 Å². The van der Waals surface area contributed by atoms with Crippen LogP contribution in [-0.2, 0) is 19.5 Å². The first-order valence-corrected chi connectivity index (χ1v) is 11.6. The molecule has 7 heterocycles. The smallest absolute Gasteiger partial charge is 0.0894 e. The summed E-state index contributed by atoms with van der Waals surface area (Å²) < 4.78 is 0. The second kappa shape index (κ2) is 9.53. The molecule has 37 heavy (non-hydrogen) atoms. The quantitative estimate of drug-likeness (QED) is 0.192. The van der Waals surface area contributed by atoms with E-state index in [4.69, 9.17) is 29.9 Å². The summed E-state index contributed by atoms with van der Waals surface area (Å²) in [6.07, 6.45) is 0. The summed E-state index contributed by atoms with van der Waals surface area (Å²) in [7, 11) is 0. The maximum absolute atomic E-state index is 4.89. The summed E-state index contributed by atoms with van der Waals surface area (Å²) in [5.74, 6) is 0. The molecule has 0 radical (unpaired) electrons. The normalized spacial score (nSPS) is 11.0. The van der Waals surface area contributed by atoms with Gasteiger partial charge < -0.3 is 0 Å². The molecule has 0 saturated carbocycles. The number of fused-ring (bicyclic) bond motifs is 18. The zero-order valence-electron chi connectivity index (χ0n) is 19.4. The fraction of sp³-hybridized carbons (Fsp3) is 0. The van der Waals surface area contributed by atoms with Gasteiger partial charge in [-0.3, -0.25) is 0 Å². The van der Waals surface area contributed by atoms with Gasteiger partial charge in [0.1, 0.15) is 0 Å². The van der Waals surface area contributed by atoms with Crippen molar-refractivity contribution in [3.63, 3.8) is 0 Å². The van der Waals surface area contributed by atoms with Gasteiger partial charge in [0.2, 0.25) is 0 Å². The molecule has 0 fully saturated rings. The second-order valence-corrected chi connectivity index (χ2v) is 8.45.